The third-order valence-electron chi connectivity index (χ3n) is 7.40. The highest BCUT2D eigenvalue weighted by atomic mass is 16.5. The van der Waals surface area contributed by atoms with Crippen molar-refractivity contribution in [1.82, 2.24) is 20.0 Å². The predicted molar refractivity (Wildman–Crippen MR) is 125 cm³/mol. The molecule has 0 unspecified atom stereocenters. The van der Waals surface area contributed by atoms with Crippen molar-refractivity contribution < 1.29 is 19.4 Å². The second-order valence-electron chi connectivity index (χ2n) is 9.12. The number of nitrogens with one attached hydrogen (secondary N) is 1. The number of fused-ring (bicyclic) bond motifs is 3. The minimum atomic E-state index is -0.497. The van der Waals surface area contributed by atoms with E-state index in [0.29, 0.717) is 18.6 Å². The van der Waals surface area contributed by atoms with Crippen LogP contribution in [-0.4, -0.2) is 43.4 Å². The zero-order valence-electron chi connectivity index (χ0n) is 19.3. The highest BCUT2D eigenvalue weighted by molar-refractivity contribution is 5.98. The fourth-order valence-corrected chi connectivity index (χ4v) is 5.92. The summed E-state index contributed by atoms with van der Waals surface area (Å²) in [6.07, 6.45) is 6.52. The predicted octanol–water partition coefficient (Wildman–Crippen LogP) is 3.74. The number of carbonyl (C=O) groups excluding carboxylic acids is 2. The Balaban J connectivity index is 1.61. The third-order valence-corrected chi connectivity index (χ3v) is 7.40. The van der Waals surface area contributed by atoms with Gasteiger partial charge in [-0.1, -0.05) is 37.3 Å². The summed E-state index contributed by atoms with van der Waals surface area (Å²) in [5.74, 6) is -0.461. The number of aromatic amines is 1. The third kappa shape index (κ3) is 3.36. The quantitative estimate of drug-likeness (QED) is 0.341. The molecule has 1 fully saturated rings. The Hall–Kier alpha value is -3.68. The summed E-state index contributed by atoms with van der Waals surface area (Å²) in [5, 5.41) is 22.2. The van der Waals surface area contributed by atoms with Crippen LogP contribution in [0, 0.1) is 11.8 Å². The fraction of sp³-hybridized carbons (Fsp3) is 0.385. The van der Waals surface area contributed by atoms with E-state index in [1.165, 1.54) is 0 Å². The first kappa shape index (κ1) is 22.1. The molecule has 0 aliphatic heterocycles. The first-order valence-corrected chi connectivity index (χ1v) is 11.7. The molecule has 34 heavy (non-hydrogen) atoms. The molecule has 2 N–H and O–H groups in total. The molecule has 1 aromatic carbocycles. The van der Waals surface area contributed by atoms with Gasteiger partial charge in [0.1, 0.15) is 6.54 Å². The maximum atomic E-state index is 13.0. The summed E-state index contributed by atoms with van der Waals surface area (Å²) in [7, 11) is 0. The Morgan fingerprint density at radius 2 is 2.15 bits per heavy atom. The number of nitrogens with zero attached hydrogens (tertiary/aromatic N) is 3. The highest BCUT2D eigenvalue weighted by Gasteiger charge is 2.55. The molecule has 1 saturated carbocycles. The Morgan fingerprint density at radius 1 is 1.35 bits per heavy atom. The van der Waals surface area contributed by atoms with E-state index < -0.39 is 5.41 Å². The number of benzene rings is 1. The topological polar surface area (TPSA) is 110 Å². The molecular weight excluding hydrogens is 432 g/mol. The van der Waals surface area contributed by atoms with Crippen LogP contribution < -0.4 is 0 Å². The largest absolute Gasteiger partial charge is 0.515 e. The van der Waals surface area contributed by atoms with Crippen LogP contribution in [0.25, 0.3) is 11.3 Å². The number of esters is 1. The number of rotatable bonds is 5. The molecule has 3 atom stereocenters. The molecular formula is C26H28N4O4. The molecule has 0 radical (unpaired) electrons. The zero-order chi connectivity index (χ0) is 23.9. The number of H-pyrrole nitrogens is 1. The first-order valence-electron chi connectivity index (χ1n) is 11.7. The lowest BCUT2D eigenvalue weighted by atomic mass is 9.52. The average Bonchev–Trinajstić information content (AvgIpc) is 3.49. The summed E-state index contributed by atoms with van der Waals surface area (Å²) in [6.45, 7) is 4.11. The fourth-order valence-electron chi connectivity index (χ4n) is 5.92. The minimum absolute atomic E-state index is 0.0162. The summed E-state index contributed by atoms with van der Waals surface area (Å²) >= 11 is 0. The van der Waals surface area contributed by atoms with Gasteiger partial charge in [-0.05, 0) is 37.7 Å². The molecule has 176 valence electrons. The van der Waals surface area contributed by atoms with Crippen molar-refractivity contribution in [3.63, 3.8) is 0 Å². The SMILES string of the molecule is CCOC(=O)Cn1cc(-c2n[nH]c3c2CC[C@H]2[C@H](C)C(=O)/C(=C\O)C[C@]32c2ccccc2)cn1. The number of hydrogen-bond acceptors (Lipinski definition) is 6. The van der Waals surface area contributed by atoms with Gasteiger partial charge >= 0.3 is 5.97 Å². The number of allylic oxidation sites excluding steroid dienone is 1. The molecule has 0 spiro atoms. The van der Waals surface area contributed by atoms with E-state index in [2.05, 4.69) is 22.3 Å². The van der Waals surface area contributed by atoms with Gasteiger partial charge in [-0.3, -0.25) is 19.4 Å². The van der Waals surface area contributed by atoms with E-state index in [-0.39, 0.29) is 30.1 Å². The number of ether oxygens (including phenoxy) is 1. The molecule has 2 aromatic heterocycles. The number of aliphatic hydroxyl groups is 1. The summed E-state index contributed by atoms with van der Waals surface area (Å²) < 4.78 is 6.58. The Labute approximate surface area is 197 Å². The minimum Gasteiger partial charge on any atom is -0.515 e. The van der Waals surface area contributed by atoms with Crippen LogP contribution >= 0.6 is 0 Å². The van der Waals surface area contributed by atoms with Gasteiger partial charge in [-0.2, -0.15) is 10.2 Å². The molecule has 3 aromatic rings. The average molecular weight is 461 g/mol. The second kappa shape index (κ2) is 8.59. The van der Waals surface area contributed by atoms with Crippen LogP contribution in [0.1, 0.15) is 43.5 Å². The van der Waals surface area contributed by atoms with Crippen molar-refractivity contribution in [3.8, 4) is 11.3 Å². The molecule has 2 aliphatic carbocycles. The molecule has 5 rings (SSSR count). The molecule has 2 aliphatic rings. The van der Waals surface area contributed by atoms with Crippen LogP contribution in [0.4, 0.5) is 0 Å². The number of ketones is 1. The number of hydrogen-bond donors (Lipinski definition) is 2. The molecule has 8 heteroatoms. The Kier molecular flexibility index (Phi) is 5.59. The monoisotopic (exact) mass is 460 g/mol. The maximum Gasteiger partial charge on any atom is 0.327 e. The second-order valence-corrected chi connectivity index (χ2v) is 9.12. The summed E-state index contributed by atoms with van der Waals surface area (Å²) in [6, 6.07) is 10.2. The highest BCUT2D eigenvalue weighted by Crippen LogP contribution is 2.56. The number of Topliss-reactive ketones (excluding diaryl/α,β-unsaturated/α-hetero) is 1. The lowest BCUT2D eigenvalue weighted by Gasteiger charge is -2.50. The van der Waals surface area contributed by atoms with Gasteiger partial charge in [0.2, 0.25) is 0 Å². The van der Waals surface area contributed by atoms with Gasteiger partial charge in [0, 0.05) is 34.2 Å². The van der Waals surface area contributed by atoms with Crippen molar-refractivity contribution in [3.05, 3.63) is 71.4 Å². The number of aromatic nitrogens is 4. The number of aliphatic hydroxyl groups excluding tert-OH is 1. The van der Waals surface area contributed by atoms with Crippen LogP contribution in [0.3, 0.4) is 0 Å². The van der Waals surface area contributed by atoms with Crippen molar-refractivity contribution in [2.24, 2.45) is 11.8 Å². The lowest BCUT2D eigenvalue weighted by molar-refractivity contribution is -0.144. The van der Waals surface area contributed by atoms with E-state index in [0.717, 1.165) is 47.2 Å². The van der Waals surface area contributed by atoms with Gasteiger partial charge in [0.15, 0.2) is 5.78 Å². The van der Waals surface area contributed by atoms with E-state index >= 15 is 0 Å². The zero-order valence-corrected chi connectivity index (χ0v) is 19.3. The van der Waals surface area contributed by atoms with Gasteiger partial charge in [-0.25, -0.2) is 0 Å². The van der Waals surface area contributed by atoms with Gasteiger partial charge in [-0.15, -0.1) is 0 Å². The molecule has 2 heterocycles. The van der Waals surface area contributed by atoms with Crippen LogP contribution in [0.2, 0.25) is 0 Å². The van der Waals surface area contributed by atoms with E-state index in [9.17, 15) is 14.7 Å². The van der Waals surface area contributed by atoms with Gasteiger partial charge in [0.25, 0.3) is 0 Å². The maximum absolute atomic E-state index is 13.0. The van der Waals surface area contributed by atoms with Crippen LogP contribution in [0.15, 0.2) is 54.6 Å². The van der Waals surface area contributed by atoms with Crippen molar-refractivity contribution in [1.29, 1.82) is 0 Å². The van der Waals surface area contributed by atoms with E-state index in [1.807, 2.05) is 25.1 Å². The smallest absolute Gasteiger partial charge is 0.327 e. The lowest BCUT2D eigenvalue weighted by Crippen LogP contribution is -2.50. The van der Waals surface area contributed by atoms with Crippen LogP contribution in [-0.2, 0) is 32.7 Å². The first-order chi connectivity index (χ1) is 16.5. The van der Waals surface area contributed by atoms with E-state index in [1.54, 1.807) is 24.0 Å². The standard InChI is InChI=1S/C26H28N4O4/c1-3-34-22(32)14-30-13-18(12-27-30)23-20-9-10-21-16(2)24(33)17(15-31)11-26(21,25(20)29-28-23)19-7-5-4-6-8-19/h4-8,12-13,15-16,21,31H,3,9-11,14H2,1-2H3,(H,28,29)/b17-15-/t16-,21-,26+/m0/s1. The normalized spacial score (nSPS) is 25.1. The van der Waals surface area contributed by atoms with Crippen molar-refractivity contribution in [2.45, 2.75) is 45.1 Å². The molecule has 0 bridgehead atoms. The van der Waals surface area contributed by atoms with Gasteiger partial charge < -0.3 is 9.84 Å². The molecule has 0 amide bonds. The molecule has 0 saturated heterocycles. The molecule has 8 nitrogen and oxygen atoms in total. The van der Waals surface area contributed by atoms with Gasteiger partial charge in [0.05, 0.1) is 30.5 Å². The van der Waals surface area contributed by atoms with E-state index in [4.69, 9.17) is 9.84 Å². The van der Waals surface area contributed by atoms with Crippen molar-refractivity contribution in [2.75, 3.05) is 6.61 Å². The summed E-state index contributed by atoms with van der Waals surface area (Å²) in [4.78, 5) is 24.8. The Morgan fingerprint density at radius 3 is 2.88 bits per heavy atom. The van der Waals surface area contributed by atoms with Crippen LogP contribution in [0.5, 0.6) is 0 Å². The summed E-state index contributed by atoms with van der Waals surface area (Å²) in [5.41, 5.74) is 4.76. The van der Waals surface area contributed by atoms with Crippen molar-refractivity contribution >= 4 is 11.8 Å². The number of carbonyl (C=O) groups is 2. The Bertz CT molecular complexity index is 1260.